The SMILES string of the molecule is C1CO1.CCCCCCCCCCCCOP(=O)(O)OCCCCCCCCCCCC. The summed E-state index contributed by atoms with van der Waals surface area (Å²) >= 11 is 0. The molecule has 5 nitrogen and oxygen atoms in total. The fourth-order valence-electron chi connectivity index (χ4n) is 3.58. The first kappa shape index (κ1) is 32.1. The number of epoxide rings is 1. The molecule has 0 spiro atoms. The molecule has 0 aromatic carbocycles. The highest BCUT2D eigenvalue weighted by Gasteiger charge is 2.19. The van der Waals surface area contributed by atoms with Gasteiger partial charge in [-0.05, 0) is 12.8 Å². The van der Waals surface area contributed by atoms with E-state index in [1.165, 1.54) is 103 Å². The molecule has 1 fully saturated rings. The molecule has 0 bridgehead atoms. The average molecular weight is 479 g/mol. The maximum Gasteiger partial charge on any atom is 0.472 e. The third-order valence-electron chi connectivity index (χ3n) is 5.71. The van der Waals surface area contributed by atoms with Gasteiger partial charge in [0, 0.05) is 0 Å². The first-order valence-electron chi connectivity index (χ1n) is 13.8. The van der Waals surface area contributed by atoms with Crippen molar-refractivity contribution in [1.82, 2.24) is 0 Å². The van der Waals surface area contributed by atoms with E-state index in [0.29, 0.717) is 13.2 Å². The minimum absolute atomic E-state index is 0.322. The molecular weight excluding hydrogens is 423 g/mol. The molecule has 0 atom stereocenters. The van der Waals surface area contributed by atoms with E-state index in [0.717, 1.165) is 38.9 Å². The van der Waals surface area contributed by atoms with E-state index in [2.05, 4.69) is 18.6 Å². The highest BCUT2D eigenvalue weighted by atomic mass is 31.2. The van der Waals surface area contributed by atoms with Gasteiger partial charge in [0.1, 0.15) is 0 Å². The highest BCUT2D eigenvalue weighted by molar-refractivity contribution is 7.47. The molecule has 0 aliphatic carbocycles. The molecule has 194 valence electrons. The number of rotatable bonds is 24. The molecule has 6 heteroatoms. The Morgan fingerprint density at radius 1 is 0.562 bits per heavy atom. The van der Waals surface area contributed by atoms with Gasteiger partial charge in [-0.3, -0.25) is 9.05 Å². The van der Waals surface area contributed by atoms with Crippen LogP contribution in [0.2, 0.25) is 0 Å². The predicted molar refractivity (Wildman–Crippen MR) is 136 cm³/mol. The van der Waals surface area contributed by atoms with Gasteiger partial charge in [0.15, 0.2) is 0 Å². The van der Waals surface area contributed by atoms with Crippen LogP contribution in [0.25, 0.3) is 0 Å². The quantitative estimate of drug-likeness (QED) is 0.0851. The van der Waals surface area contributed by atoms with Crippen molar-refractivity contribution in [2.24, 2.45) is 0 Å². The summed E-state index contributed by atoms with van der Waals surface area (Å²) in [4.78, 5) is 9.71. The molecule has 1 heterocycles. The molecule has 0 saturated carbocycles. The van der Waals surface area contributed by atoms with Gasteiger partial charge < -0.3 is 9.63 Å². The molecule has 1 aliphatic rings. The zero-order valence-corrected chi connectivity index (χ0v) is 22.4. The van der Waals surface area contributed by atoms with Crippen molar-refractivity contribution >= 4 is 7.82 Å². The Labute approximate surface area is 200 Å². The fourth-order valence-corrected chi connectivity index (χ4v) is 4.37. The van der Waals surface area contributed by atoms with E-state index in [4.69, 9.17) is 9.05 Å². The lowest BCUT2D eigenvalue weighted by atomic mass is 10.1. The Kier molecular flexibility index (Phi) is 25.7. The molecule has 1 aliphatic heterocycles. The molecule has 0 aromatic rings. The minimum Gasteiger partial charge on any atom is -0.377 e. The summed E-state index contributed by atoms with van der Waals surface area (Å²) in [6.07, 6.45) is 24.8. The van der Waals surface area contributed by atoms with Crippen LogP contribution in [0.5, 0.6) is 0 Å². The Morgan fingerprint density at radius 2 is 0.812 bits per heavy atom. The summed E-state index contributed by atoms with van der Waals surface area (Å²) in [7, 11) is -3.85. The molecule has 0 amide bonds. The number of phosphoric ester groups is 1. The van der Waals surface area contributed by atoms with Crippen molar-refractivity contribution in [3.05, 3.63) is 0 Å². The molecule has 0 radical (unpaired) electrons. The third kappa shape index (κ3) is 30.1. The number of unbranched alkanes of at least 4 members (excludes halogenated alkanes) is 18. The van der Waals surface area contributed by atoms with Crippen molar-refractivity contribution < 1.29 is 23.2 Å². The Morgan fingerprint density at radius 3 is 1.06 bits per heavy atom. The lowest BCUT2D eigenvalue weighted by molar-refractivity contribution is 0.145. The van der Waals surface area contributed by atoms with Crippen LogP contribution in [-0.4, -0.2) is 31.3 Å². The van der Waals surface area contributed by atoms with Gasteiger partial charge in [0.05, 0.1) is 26.4 Å². The monoisotopic (exact) mass is 478 g/mol. The lowest BCUT2D eigenvalue weighted by Gasteiger charge is -2.12. The fraction of sp³-hybridized carbons (Fsp3) is 1.00. The van der Waals surface area contributed by atoms with Crippen LogP contribution >= 0.6 is 7.82 Å². The van der Waals surface area contributed by atoms with Crippen molar-refractivity contribution in [3.63, 3.8) is 0 Å². The highest BCUT2D eigenvalue weighted by Crippen LogP contribution is 2.43. The van der Waals surface area contributed by atoms with Crippen LogP contribution in [0.4, 0.5) is 0 Å². The van der Waals surface area contributed by atoms with Crippen molar-refractivity contribution in [2.75, 3.05) is 26.4 Å². The molecular formula is C26H55O5P. The zero-order chi connectivity index (χ0) is 23.6. The maximum atomic E-state index is 11.8. The van der Waals surface area contributed by atoms with E-state index in [-0.39, 0.29) is 0 Å². The number of hydrogen-bond donors (Lipinski definition) is 1. The van der Waals surface area contributed by atoms with E-state index >= 15 is 0 Å². The summed E-state index contributed by atoms with van der Waals surface area (Å²) in [5.74, 6) is 0. The van der Waals surface area contributed by atoms with Gasteiger partial charge in [-0.15, -0.1) is 0 Å². The van der Waals surface area contributed by atoms with Gasteiger partial charge in [-0.2, -0.15) is 0 Å². The zero-order valence-electron chi connectivity index (χ0n) is 21.5. The summed E-state index contributed by atoms with van der Waals surface area (Å²) in [5.41, 5.74) is 0. The van der Waals surface area contributed by atoms with E-state index in [1.54, 1.807) is 0 Å². The lowest BCUT2D eigenvalue weighted by Crippen LogP contribution is -1.99. The average Bonchev–Trinajstić information content (AvgIpc) is 3.65. The Bertz CT molecular complexity index is 371. The Balaban J connectivity index is 0.00000293. The number of phosphoric acid groups is 1. The smallest absolute Gasteiger partial charge is 0.377 e. The standard InChI is InChI=1S/C24H51O4P.C2H4O/c1-3-5-7-9-11-13-15-17-19-21-23-27-29(25,26)28-24-22-20-18-16-14-12-10-8-6-4-2;1-2-3-1/h3-24H2,1-2H3,(H,25,26);1-2H2. The van der Waals surface area contributed by atoms with Gasteiger partial charge in [-0.25, -0.2) is 4.57 Å². The van der Waals surface area contributed by atoms with Crippen LogP contribution in [0, 0.1) is 0 Å². The minimum atomic E-state index is -3.85. The third-order valence-corrected chi connectivity index (χ3v) is 6.73. The number of ether oxygens (including phenoxy) is 1. The van der Waals surface area contributed by atoms with Crippen molar-refractivity contribution in [2.45, 2.75) is 142 Å². The molecule has 1 rings (SSSR count). The first-order valence-corrected chi connectivity index (χ1v) is 15.3. The first-order chi connectivity index (χ1) is 15.6. The second-order valence-electron chi connectivity index (χ2n) is 9.11. The molecule has 0 unspecified atom stereocenters. The molecule has 0 aromatic heterocycles. The topological polar surface area (TPSA) is 68.3 Å². The van der Waals surface area contributed by atoms with Crippen LogP contribution in [0.15, 0.2) is 0 Å². The summed E-state index contributed by atoms with van der Waals surface area (Å²) < 4.78 is 26.5. The molecule has 1 N–H and O–H groups in total. The van der Waals surface area contributed by atoms with Crippen LogP contribution in [0.3, 0.4) is 0 Å². The molecule has 1 saturated heterocycles. The summed E-state index contributed by atoms with van der Waals surface area (Å²) in [6.45, 7) is 7.14. The Hall–Kier alpha value is 0.0700. The summed E-state index contributed by atoms with van der Waals surface area (Å²) in [6, 6.07) is 0. The summed E-state index contributed by atoms with van der Waals surface area (Å²) in [5, 5.41) is 0. The van der Waals surface area contributed by atoms with Crippen LogP contribution in [-0.2, 0) is 18.3 Å². The van der Waals surface area contributed by atoms with Crippen LogP contribution in [0.1, 0.15) is 142 Å². The van der Waals surface area contributed by atoms with E-state index in [1.807, 2.05) is 0 Å². The van der Waals surface area contributed by atoms with Gasteiger partial charge in [0.25, 0.3) is 0 Å². The van der Waals surface area contributed by atoms with E-state index in [9.17, 15) is 9.46 Å². The largest absolute Gasteiger partial charge is 0.472 e. The number of hydrogen-bond acceptors (Lipinski definition) is 4. The van der Waals surface area contributed by atoms with Gasteiger partial charge >= 0.3 is 7.82 Å². The second-order valence-corrected chi connectivity index (χ2v) is 10.6. The molecule has 32 heavy (non-hydrogen) atoms. The van der Waals surface area contributed by atoms with Gasteiger partial charge in [-0.1, -0.05) is 129 Å². The van der Waals surface area contributed by atoms with Crippen LogP contribution < -0.4 is 0 Å². The maximum absolute atomic E-state index is 11.8. The van der Waals surface area contributed by atoms with Crippen molar-refractivity contribution in [1.29, 1.82) is 0 Å². The normalized spacial score (nSPS) is 13.1. The van der Waals surface area contributed by atoms with Gasteiger partial charge in [0.2, 0.25) is 0 Å². The predicted octanol–water partition coefficient (Wildman–Crippen LogP) is 8.98. The van der Waals surface area contributed by atoms with E-state index < -0.39 is 7.82 Å². The second kappa shape index (κ2) is 25.7. The van der Waals surface area contributed by atoms with Crippen molar-refractivity contribution in [3.8, 4) is 0 Å².